The average Bonchev–Trinajstić information content (AvgIpc) is 2.54. The Morgan fingerprint density at radius 1 is 1.26 bits per heavy atom. The van der Waals surface area contributed by atoms with E-state index >= 15 is 0 Å². The van der Waals surface area contributed by atoms with E-state index in [9.17, 15) is 4.79 Å². The van der Waals surface area contributed by atoms with E-state index in [4.69, 9.17) is 4.74 Å². The van der Waals surface area contributed by atoms with Crippen LogP contribution in [0.3, 0.4) is 0 Å². The van der Waals surface area contributed by atoms with Crippen molar-refractivity contribution in [1.29, 1.82) is 0 Å². The van der Waals surface area contributed by atoms with Gasteiger partial charge in [0.2, 0.25) is 5.91 Å². The van der Waals surface area contributed by atoms with Crippen LogP contribution < -0.4 is 5.32 Å². The lowest BCUT2D eigenvalue weighted by atomic mass is 9.70. The highest BCUT2D eigenvalue weighted by Gasteiger charge is 2.35. The Morgan fingerprint density at radius 2 is 2.09 bits per heavy atom. The fourth-order valence-corrected chi connectivity index (χ4v) is 4.18. The number of carbonyl (C=O) groups excluding carboxylic acids is 1. The van der Waals surface area contributed by atoms with Gasteiger partial charge in [-0.25, -0.2) is 0 Å². The van der Waals surface area contributed by atoms with Crippen molar-refractivity contribution >= 4 is 11.6 Å². The number of amides is 1. The van der Waals surface area contributed by atoms with Gasteiger partial charge in [0.15, 0.2) is 0 Å². The molecule has 1 fully saturated rings. The normalized spacial score (nSPS) is 27.6. The number of hydrogen-bond acceptors (Lipinski definition) is 2. The number of ether oxygens (including phenoxy) is 1. The van der Waals surface area contributed by atoms with Crippen LogP contribution in [0.15, 0.2) is 18.2 Å². The van der Waals surface area contributed by atoms with Crippen LogP contribution in [0.1, 0.15) is 51.2 Å². The smallest absolute Gasteiger partial charge is 0.227 e. The molecule has 1 heterocycles. The molecule has 0 bridgehead atoms. The van der Waals surface area contributed by atoms with Crippen molar-refractivity contribution in [3.63, 3.8) is 0 Å². The molecule has 0 radical (unpaired) electrons. The zero-order valence-electron chi connectivity index (χ0n) is 14.6. The van der Waals surface area contributed by atoms with Crippen LogP contribution in [0.4, 0.5) is 5.69 Å². The van der Waals surface area contributed by atoms with Gasteiger partial charge in [-0.3, -0.25) is 4.79 Å². The third-order valence-electron chi connectivity index (χ3n) is 5.61. The molecule has 1 aromatic carbocycles. The lowest BCUT2D eigenvalue weighted by Gasteiger charge is -2.36. The minimum absolute atomic E-state index is 0.144. The van der Waals surface area contributed by atoms with Crippen LogP contribution in [0.25, 0.3) is 0 Å². The van der Waals surface area contributed by atoms with E-state index in [1.165, 1.54) is 24.0 Å². The molecule has 23 heavy (non-hydrogen) atoms. The monoisotopic (exact) mass is 315 g/mol. The molecule has 3 rings (SSSR count). The molecule has 3 nitrogen and oxygen atoms in total. The molecule has 126 valence electrons. The van der Waals surface area contributed by atoms with Gasteiger partial charge in [0.25, 0.3) is 0 Å². The summed E-state index contributed by atoms with van der Waals surface area (Å²) < 4.78 is 5.52. The molecule has 1 N–H and O–H groups in total. The second kappa shape index (κ2) is 7.04. The highest BCUT2D eigenvalue weighted by Crippen LogP contribution is 2.38. The fourth-order valence-electron chi connectivity index (χ4n) is 4.18. The minimum Gasteiger partial charge on any atom is -0.376 e. The summed E-state index contributed by atoms with van der Waals surface area (Å²) in [5.74, 6) is 2.07. The summed E-state index contributed by atoms with van der Waals surface area (Å²) >= 11 is 0. The number of benzene rings is 1. The Balaban J connectivity index is 1.72. The van der Waals surface area contributed by atoms with Gasteiger partial charge >= 0.3 is 0 Å². The average molecular weight is 315 g/mol. The minimum atomic E-state index is 0.144. The van der Waals surface area contributed by atoms with Gasteiger partial charge in [-0.2, -0.15) is 0 Å². The SMILES string of the molecule is CC(C)[C@@H]1CC[C@@H](C)C[C@H]1C(=O)Nc1ccc2c(c1)COCC2. The molecular weight excluding hydrogens is 286 g/mol. The highest BCUT2D eigenvalue weighted by atomic mass is 16.5. The lowest BCUT2D eigenvalue weighted by Crippen LogP contribution is -2.36. The van der Waals surface area contributed by atoms with Crippen molar-refractivity contribution in [1.82, 2.24) is 0 Å². The van der Waals surface area contributed by atoms with Crippen LogP contribution in [-0.2, 0) is 22.6 Å². The molecule has 1 aliphatic carbocycles. The second-order valence-electron chi connectivity index (χ2n) is 7.71. The maximum Gasteiger partial charge on any atom is 0.227 e. The predicted molar refractivity (Wildman–Crippen MR) is 93.3 cm³/mol. The molecular formula is C20H29NO2. The molecule has 1 amide bonds. The number of hydrogen-bond donors (Lipinski definition) is 1. The van der Waals surface area contributed by atoms with Crippen LogP contribution in [0.5, 0.6) is 0 Å². The van der Waals surface area contributed by atoms with Crippen molar-refractivity contribution in [3.05, 3.63) is 29.3 Å². The van der Waals surface area contributed by atoms with Crippen molar-refractivity contribution in [2.45, 2.75) is 53.1 Å². The lowest BCUT2D eigenvalue weighted by molar-refractivity contribution is -0.123. The molecule has 0 aromatic heterocycles. The molecule has 0 unspecified atom stereocenters. The summed E-state index contributed by atoms with van der Waals surface area (Å²) in [6.07, 6.45) is 4.42. The van der Waals surface area contributed by atoms with Crippen molar-refractivity contribution in [2.24, 2.45) is 23.7 Å². The zero-order chi connectivity index (χ0) is 16.4. The molecule has 3 heteroatoms. The predicted octanol–water partition coefficient (Wildman–Crippen LogP) is 4.41. The van der Waals surface area contributed by atoms with Gasteiger partial charge < -0.3 is 10.1 Å². The third kappa shape index (κ3) is 3.77. The second-order valence-corrected chi connectivity index (χ2v) is 7.71. The van der Waals surface area contributed by atoms with Gasteiger partial charge in [-0.1, -0.05) is 33.3 Å². The number of anilines is 1. The Kier molecular flexibility index (Phi) is 5.05. The number of nitrogens with one attached hydrogen (secondary N) is 1. The Labute approximate surface area is 139 Å². The first-order chi connectivity index (χ1) is 11.0. The Hall–Kier alpha value is -1.35. The van der Waals surface area contributed by atoms with E-state index in [0.717, 1.165) is 25.1 Å². The van der Waals surface area contributed by atoms with E-state index in [2.05, 4.69) is 38.2 Å². The van der Waals surface area contributed by atoms with Gasteiger partial charge in [0, 0.05) is 11.6 Å². The molecule has 1 aliphatic heterocycles. The maximum atomic E-state index is 12.9. The third-order valence-corrected chi connectivity index (χ3v) is 5.61. The standard InChI is InChI=1S/C20H29NO2/c1-13(2)18-7-4-14(3)10-19(18)20(22)21-17-6-5-15-8-9-23-12-16(15)11-17/h5-6,11,13-14,18-19H,4,7-10,12H2,1-3H3,(H,21,22)/t14-,18+,19-/m1/s1. The first-order valence-corrected chi connectivity index (χ1v) is 9.05. The molecule has 1 saturated carbocycles. The molecule has 3 atom stereocenters. The number of fused-ring (bicyclic) bond motifs is 1. The number of carbonyl (C=O) groups is 1. The van der Waals surface area contributed by atoms with E-state index in [1.54, 1.807) is 0 Å². The van der Waals surface area contributed by atoms with E-state index in [-0.39, 0.29) is 11.8 Å². The maximum absolute atomic E-state index is 12.9. The van der Waals surface area contributed by atoms with Crippen molar-refractivity contribution < 1.29 is 9.53 Å². The summed E-state index contributed by atoms with van der Waals surface area (Å²) in [6.45, 7) is 8.23. The summed E-state index contributed by atoms with van der Waals surface area (Å²) in [5, 5.41) is 3.17. The first-order valence-electron chi connectivity index (χ1n) is 9.05. The van der Waals surface area contributed by atoms with Crippen LogP contribution in [0, 0.1) is 23.7 Å². The van der Waals surface area contributed by atoms with Crippen LogP contribution >= 0.6 is 0 Å². The molecule has 0 spiro atoms. The van der Waals surface area contributed by atoms with Gasteiger partial charge in [-0.05, 0) is 60.3 Å². The summed E-state index contributed by atoms with van der Waals surface area (Å²) in [7, 11) is 0. The fraction of sp³-hybridized carbons (Fsp3) is 0.650. The van der Waals surface area contributed by atoms with Gasteiger partial charge in [-0.15, -0.1) is 0 Å². The van der Waals surface area contributed by atoms with Crippen LogP contribution in [-0.4, -0.2) is 12.5 Å². The Bertz CT molecular complexity index is 567. The topological polar surface area (TPSA) is 38.3 Å². The molecule has 2 aliphatic rings. The van der Waals surface area contributed by atoms with E-state index in [1.807, 2.05) is 6.07 Å². The van der Waals surface area contributed by atoms with Gasteiger partial charge in [0.1, 0.15) is 0 Å². The van der Waals surface area contributed by atoms with E-state index in [0.29, 0.717) is 24.4 Å². The van der Waals surface area contributed by atoms with Gasteiger partial charge in [0.05, 0.1) is 13.2 Å². The van der Waals surface area contributed by atoms with Crippen LogP contribution in [0.2, 0.25) is 0 Å². The summed E-state index contributed by atoms with van der Waals surface area (Å²) in [6, 6.07) is 6.26. The molecule has 1 aromatic rings. The van der Waals surface area contributed by atoms with Crippen molar-refractivity contribution in [2.75, 3.05) is 11.9 Å². The highest BCUT2D eigenvalue weighted by molar-refractivity contribution is 5.93. The summed E-state index contributed by atoms with van der Waals surface area (Å²) in [5.41, 5.74) is 3.48. The van der Waals surface area contributed by atoms with E-state index < -0.39 is 0 Å². The summed E-state index contributed by atoms with van der Waals surface area (Å²) in [4.78, 5) is 12.9. The Morgan fingerprint density at radius 3 is 2.87 bits per heavy atom. The molecule has 0 saturated heterocycles. The number of rotatable bonds is 3. The zero-order valence-corrected chi connectivity index (χ0v) is 14.6. The largest absolute Gasteiger partial charge is 0.376 e. The van der Waals surface area contributed by atoms with Crippen molar-refractivity contribution in [3.8, 4) is 0 Å². The first kappa shape index (κ1) is 16.5. The quantitative estimate of drug-likeness (QED) is 0.897.